The largest absolute Gasteiger partial charge is 0.395 e. The van der Waals surface area contributed by atoms with E-state index >= 15 is 0 Å². The fourth-order valence-corrected chi connectivity index (χ4v) is 2.20. The number of nitrogens with one attached hydrogen (secondary N) is 1. The van der Waals surface area contributed by atoms with Gasteiger partial charge in [-0.2, -0.15) is 0 Å². The summed E-state index contributed by atoms with van der Waals surface area (Å²) in [6.45, 7) is 3.24. The minimum absolute atomic E-state index is 0.0133. The highest BCUT2D eigenvalue weighted by molar-refractivity contribution is 6.04. The lowest BCUT2D eigenvalue weighted by Crippen LogP contribution is -2.36. The van der Waals surface area contributed by atoms with E-state index in [2.05, 4.69) is 12.2 Å². The van der Waals surface area contributed by atoms with Crippen LogP contribution < -0.4 is 10.2 Å². The minimum atomic E-state index is -0.252. The molecule has 0 radical (unpaired) electrons. The third-order valence-electron chi connectivity index (χ3n) is 2.97. The van der Waals surface area contributed by atoms with Crippen LogP contribution in [0.4, 0.5) is 5.69 Å². The molecule has 0 fully saturated rings. The lowest BCUT2D eigenvalue weighted by molar-refractivity contribution is -0.120. The fourth-order valence-electron chi connectivity index (χ4n) is 2.20. The summed E-state index contributed by atoms with van der Waals surface area (Å²) < 4.78 is 0. The van der Waals surface area contributed by atoms with Gasteiger partial charge in [-0.05, 0) is 19.0 Å². The molecular formula is C13H18N2O2. The van der Waals surface area contributed by atoms with E-state index < -0.39 is 0 Å². The number of aliphatic hydroxyl groups is 1. The minimum Gasteiger partial charge on any atom is -0.395 e. The zero-order valence-corrected chi connectivity index (χ0v) is 10.0. The molecule has 0 saturated heterocycles. The summed E-state index contributed by atoms with van der Waals surface area (Å²) in [6, 6.07) is 7.50. The number of aliphatic hydroxyl groups excluding tert-OH is 1. The van der Waals surface area contributed by atoms with E-state index in [9.17, 15) is 4.79 Å². The van der Waals surface area contributed by atoms with Crippen molar-refractivity contribution in [1.29, 1.82) is 0 Å². The number of fused-ring (bicyclic) bond motifs is 1. The van der Waals surface area contributed by atoms with Crippen LogP contribution in [0.1, 0.15) is 24.9 Å². The molecule has 0 spiro atoms. The Kier molecular flexibility index (Phi) is 3.76. The van der Waals surface area contributed by atoms with Crippen LogP contribution in [0.2, 0.25) is 0 Å². The number of rotatable bonds is 5. The number of carbonyl (C=O) groups excluding carboxylic acids is 1. The van der Waals surface area contributed by atoms with Crippen molar-refractivity contribution in [1.82, 2.24) is 5.32 Å². The summed E-state index contributed by atoms with van der Waals surface area (Å²) in [6.07, 6.45) is 0.992. The molecule has 1 amide bonds. The quantitative estimate of drug-likeness (QED) is 0.801. The van der Waals surface area contributed by atoms with Gasteiger partial charge < -0.3 is 15.3 Å². The molecule has 1 aromatic carbocycles. The third-order valence-corrected chi connectivity index (χ3v) is 2.97. The third kappa shape index (κ3) is 2.18. The Hall–Kier alpha value is -1.39. The van der Waals surface area contributed by atoms with E-state index in [1.807, 2.05) is 24.3 Å². The molecule has 17 heavy (non-hydrogen) atoms. The van der Waals surface area contributed by atoms with Crippen LogP contribution in [-0.4, -0.2) is 30.7 Å². The molecule has 1 aliphatic rings. The number of β-amino-alcohol motifs (C(OH)–C–C–N with tert-alkyl or cyclic N) is 1. The van der Waals surface area contributed by atoms with Gasteiger partial charge in [0, 0.05) is 17.8 Å². The molecule has 2 rings (SSSR count). The number of hydrogen-bond acceptors (Lipinski definition) is 3. The van der Waals surface area contributed by atoms with E-state index in [4.69, 9.17) is 5.11 Å². The van der Waals surface area contributed by atoms with Gasteiger partial charge in [0.15, 0.2) is 0 Å². The zero-order chi connectivity index (χ0) is 12.3. The second-order valence-electron chi connectivity index (χ2n) is 4.16. The van der Waals surface area contributed by atoms with E-state index in [-0.39, 0.29) is 18.6 Å². The Labute approximate surface area is 101 Å². The number of amides is 1. The van der Waals surface area contributed by atoms with E-state index in [0.717, 1.165) is 24.2 Å². The molecule has 1 aliphatic heterocycles. The average Bonchev–Trinajstić information content (AvgIpc) is 2.61. The van der Waals surface area contributed by atoms with Gasteiger partial charge in [0.05, 0.1) is 6.61 Å². The molecule has 1 unspecified atom stereocenters. The summed E-state index contributed by atoms with van der Waals surface area (Å²) in [4.78, 5) is 13.9. The van der Waals surface area contributed by atoms with Crippen molar-refractivity contribution in [3.63, 3.8) is 0 Å². The summed E-state index contributed by atoms with van der Waals surface area (Å²) in [5, 5.41) is 12.3. The second kappa shape index (κ2) is 5.29. The van der Waals surface area contributed by atoms with Crippen molar-refractivity contribution in [2.24, 2.45) is 0 Å². The molecule has 1 aromatic rings. The average molecular weight is 234 g/mol. The Morgan fingerprint density at radius 3 is 2.88 bits per heavy atom. The second-order valence-corrected chi connectivity index (χ2v) is 4.16. The Morgan fingerprint density at radius 2 is 2.18 bits per heavy atom. The van der Waals surface area contributed by atoms with Crippen LogP contribution in [0, 0.1) is 0 Å². The van der Waals surface area contributed by atoms with Crippen LogP contribution in [0.3, 0.4) is 0 Å². The van der Waals surface area contributed by atoms with Gasteiger partial charge >= 0.3 is 0 Å². The lowest BCUT2D eigenvalue weighted by Gasteiger charge is -2.16. The molecule has 2 N–H and O–H groups in total. The first-order chi connectivity index (χ1) is 8.29. The molecule has 4 nitrogen and oxygen atoms in total. The maximum atomic E-state index is 12.2. The van der Waals surface area contributed by atoms with Crippen LogP contribution in [0.15, 0.2) is 24.3 Å². The molecule has 1 heterocycles. The number of benzene rings is 1. The molecule has 92 valence electrons. The lowest BCUT2D eigenvalue weighted by atomic mass is 10.1. The Balaban J connectivity index is 2.28. The Morgan fingerprint density at radius 1 is 1.41 bits per heavy atom. The molecule has 4 heteroatoms. The predicted molar refractivity (Wildman–Crippen MR) is 66.9 cm³/mol. The number of carbonyl (C=O) groups is 1. The van der Waals surface area contributed by atoms with Crippen LogP contribution in [0.25, 0.3) is 0 Å². The van der Waals surface area contributed by atoms with E-state index in [1.165, 1.54) is 0 Å². The molecular weight excluding hydrogens is 216 g/mol. The number of anilines is 1. The predicted octanol–water partition coefficient (Wildman–Crippen LogP) is 1.07. The van der Waals surface area contributed by atoms with Crippen LogP contribution >= 0.6 is 0 Å². The summed E-state index contributed by atoms with van der Waals surface area (Å²) in [5.74, 6) is 0.0358. The normalized spacial score (nSPS) is 18.6. The van der Waals surface area contributed by atoms with Crippen molar-refractivity contribution in [2.75, 3.05) is 24.6 Å². The van der Waals surface area contributed by atoms with Crippen molar-refractivity contribution in [3.8, 4) is 0 Å². The highest BCUT2D eigenvalue weighted by Crippen LogP contribution is 2.35. The zero-order valence-electron chi connectivity index (χ0n) is 10.0. The van der Waals surface area contributed by atoms with Gasteiger partial charge in [0.1, 0.15) is 6.04 Å². The van der Waals surface area contributed by atoms with Crippen molar-refractivity contribution < 1.29 is 9.90 Å². The first-order valence-electron chi connectivity index (χ1n) is 6.04. The highest BCUT2D eigenvalue weighted by Gasteiger charge is 2.35. The van der Waals surface area contributed by atoms with Gasteiger partial charge in [0.2, 0.25) is 5.91 Å². The SMILES string of the molecule is CCCNC1C(=O)N(CCO)c2ccccc21. The summed E-state index contributed by atoms with van der Waals surface area (Å²) in [7, 11) is 0. The van der Waals surface area contributed by atoms with Crippen LogP contribution in [-0.2, 0) is 4.79 Å². The van der Waals surface area contributed by atoms with Gasteiger partial charge in [-0.15, -0.1) is 0 Å². The molecule has 0 aromatic heterocycles. The number of hydrogen-bond donors (Lipinski definition) is 2. The fraction of sp³-hybridized carbons (Fsp3) is 0.462. The van der Waals surface area contributed by atoms with E-state index in [0.29, 0.717) is 6.54 Å². The molecule has 0 bridgehead atoms. The Bertz CT molecular complexity index is 406. The van der Waals surface area contributed by atoms with E-state index in [1.54, 1.807) is 4.90 Å². The van der Waals surface area contributed by atoms with Gasteiger partial charge in [-0.3, -0.25) is 4.79 Å². The summed E-state index contributed by atoms with van der Waals surface area (Å²) in [5.41, 5.74) is 1.93. The highest BCUT2D eigenvalue weighted by atomic mass is 16.3. The van der Waals surface area contributed by atoms with Gasteiger partial charge in [0.25, 0.3) is 0 Å². The molecule has 1 atom stereocenters. The standard InChI is InChI=1S/C13H18N2O2/c1-2-7-14-12-10-5-3-4-6-11(10)15(8-9-16)13(12)17/h3-6,12,14,16H,2,7-9H2,1H3. The monoisotopic (exact) mass is 234 g/mol. The molecule has 0 aliphatic carbocycles. The smallest absolute Gasteiger partial charge is 0.248 e. The van der Waals surface area contributed by atoms with Crippen LogP contribution in [0.5, 0.6) is 0 Å². The topological polar surface area (TPSA) is 52.6 Å². The first-order valence-corrected chi connectivity index (χ1v) is 6.04. The number of para-hydroxylation sites is 1. The van der Waals surface area contributed by atoms with Crippen molar-refractivity contribution >= 4 is 11.6 Å². The number of nitrogens with zero attached hydrogens (tertiary/aromatic N) is 1. The van der Waals surface area contributed by atoms with Gasteiger partial charge in [-0.1, -0.05) is 25.1 Å². The van der Waals surface area contributed by atoms with Crippen molar-refractivity contribution in [3.05, 3.63) is 29.8 Å². The van der Waals surface area contributed by atoms with Gasteiger partial charge in [-0.25, -0.2) is 0 Å². The molecule has 0 saturated carbocycles. The maximum absolute atomic E-state index is 12.2. The maximum Gasteiger partial charge on any atom is 0.248 e. The summed E-state index contributed by atoms with van der Waals surface area (Å²) >= 11 is 0. The van der Waals surface area contributed by atoms with Crippen molar-refractivity contribution in [2.45, 2.75) is 19.4 Å². The first kappa shape index (κ1) is 12.1.